The number of ether oxygens (including phenoxy) is 4. The van der Waals surface area contributed by atoms with Gasteiger partial charge in [0.25, 0.3) is 5.56 Å². The zero-order valence-corrected chi connectivity index (χ0v) is 23.9. The molecule has 6 rings (SSSR count). The van der Waals surface area contributed by atoms with Crippen molar-refractivity contribution in [3.63, 3.8) is 0 Å². The van der Waals surface area contributed by atoms with Gasteiger partial charge in [0, 0.05) is 11.6 Å². The number of fused-ring (bicyclic) bond motifs is 2. The van der Waals surface area contributed by atoms with Crippen LogP contribution in [0.4, 0.5) is 0 Å². The van der Waals surface area contributed by atoms with Gasteiger partial charge in [-0.3, -0.25) is 9.36 Å². The topological polar surface area (TPSA) is 119 Å². The normalized spacial score (nSPS) is 15.8. The van der Waals surface area contributed by atoms with Gasteiger partial charge in [0.15, 0.2) is 16.3 Å². The largest absolute Gasteiger partial charge is 0.463 e. The third-order valence-electron chi connectivity index (χ3n) is 6.81. The van der Waals surface area contributed by atoms with Gasteiger partial charge >= 0.3 is 11.9 Å². The van der Waals surface area contributed by atoms with E-state index in [0.29, 0.717) is 55.8 Å². The average molecular weight is 587 g/mol. The Balaban J connectivity index is 1.40. The van der Waals surface area contributed by atoms with Gasteiger partial charge < -0.3 is 23.4 Å². The van der Waals surface area contributed by atoms with Crippen LogP contribution in [0.3, 0.4) is 0 Å². The summed E-state index contributed by atoms with van der Waals surface area (Å²) in [7, 11) is 0. The fourth-order valence-corrected chi connectivity index (χ4v) is 5.92. The molecule has 1 atom stereocenters. The third-order valence-corrected chi connectivity index (χ3v) is 7.79. The van der Waals surface area contributed by atoms with Crippen LogP contribution in [0.2, 0.25) is 0 Å². The lowest BCUT2D eigenvalue weighted by Gasteiger charge is -2.24. The van der Waals surface area contributed by atoms with Crippen LogP contribution in [-0.4, -0.2) is 36.5 Å². The molecule has 4 aromatic rings. The van der Waals surface area contributed by atoms with E-state index < -0.39 is 12.0 Å². The molecule has 0 bridgehead atoms. The molecule has 2 aliphatic rings. The number of thiazole rings is 1. The number of esters is 2. The van der Waals surface area contributed by atoms with E-state index in [-0.39, 0.29) is 30.5 Å². The Bertz CT molecular complexity index is 1910. The summed E-state index contributed by atoms with van der Waals surface area (Å²) in [6.07, 6.45) is 1.65. The number of hydrogen-bond acceptors (Lipinski definition) is 10. The Hall–Kier alpha value is -4.90. The molecule has 0 saturated heterocycles. The SMILES string of the molecule is CCOC(=O)C1=C(C)N=c2sc(=Cc3ccc(-c4ccc(C(=O)OCC)cc4)o3)c(=O)n2C1c1ccc2c(c1)OCO2. The summed E-state index contributed by atoms with van der Waals surface area (Å²) in [5.41, 5.74) is 2.30. The van der Waals surface area contributed by atoms with Gasteiger partial charge in [-0.1, -0.05) is 29.5 Å². The van der Waals surface area contributed by atoms with Gasteiger partial charge in [-0.2, -0.15) is 0 Å². The van der Waals surface area contributed by atoms with Crippen LogP contribution in [0.5, 0.6) is 11.5 Å². The van der Waals surface area contributed by atoms with Crippen molar-refractivity contribution in [3.05, 3.63) is 102 Å². The number of aromatic nitrogens is 1. The van der Waals surface area contributed by atoms with E-state index in [0.717, 1.165) is 5.56 Å². The molecule has 10 nitrogen and oxygen atoms in total. The van der Waals surface area contributed by atoms with Crippen LogP contribution in [0.1, 0.15) is 48.5 Å². The Kier molecular flexibility index (Phi) is 7.26. The Morgan fingerprint density at radius 2 is 1.74 bits per heavy atom. The fraction of sp³-hybridized carbons (Fsp3) is 0.226. The Labute approximate surface area is 243 Å². The predicted octanol–water partition coefficient (Wildman–Crippen LogP) is 3.96. The van der Waals surface area contributed by atoms with Gasteiger partial charge in [-0.05, 0) is 62.7 Å². The number of carbonyl (C=O) groups is 2. The molecule has 0 amide bonds. The molecule has 0 N–H and O–H groups in total. The van der Waals surface area contributed by atoms with Crippen LogP contribution < -0.4 is 24.4 Å². The fourth-order valence-electron chi connectivity index (χ4n) is 4.89. The molecular formula is C31H26N2O8S. The minimum atomic E-state index is -0.776. The molecule has 42 heavy (non-hydrogen) atoms. The lowest BCUT2D eigenvalue weighted by Crippen LogP contribution is -2.39. The summed E-state index contributed by atoms with van der Waals surface area (Å²) >= 11 is 1.20. The molecule has 214 valence electrons. The molecule has 0 radical (unpaired) electrons. The lowest BCUT2D eigenvalue weighted by molar-refractivity contribution is -0.139. The highest BCUT2D eigenvalue weighted by molar-refractivity contribution is 7.07. The van der Waals surface area contributed by atoms with E-state index in [1.807, 2.05) is 0 Å². The van der Waals surface area contributed by atoms with Crippen molar-refractivity contribution in [1.29, 1.82) is 0 Å². The highest BCUT2D eigenvalue weighted by Crippen LogP contribution is 2.38. The summed E-state index contributed by atoms with van der Waals surface area (Å²) in [6.45, 7) is 5.79. The molecule has 0 spiro atoms. The molecular weight excluding hydrogens is 560 g/mol. The van der Waals surface area contributed by atoms with Gasteiger partial charge in [-0.25, -0.2) is 14.6 Å². The van der Waals surface area contributed by atoms with E-state index in [1.165, 1.54) is 15.9 Å². The van der Waals surface area contributed by atoms with E-state index in [1.54, 1.807) is 81.4 Å². The van der Waals surface area contributed by atoms with Crippen molar-refractivity contribution in [2.45, 2.75) is 26.8 Å². The van der Waals surface area contributed by atoms with E-state index in [4.69, 9.17) is 23.4 Å². The number of hydrogen-bond donors (Lipinski definition) is 0. The second-order valence-electron chi connectivity index (χ2n) is 9.41. The minimum absolute atomic E-state index is 0.0990. The van der Waals surface area contributed by atoms with Crippen LogP contribution in [0.25, 0.3) is 17.4 Å². The first-order chi connectivity index (χ1) is 20.4. The maximum atomic E-state index is 13.9. The first-order valence-electron chi connectivity index (χ1n) is 13.3. The molecule has 1 unspecified atom stereocenters. The van der Waals surface area contributed by atoms with Gasteiger partial charge in [-0.15, -0.1) is 0 Å². The average Bonchev–Trinajstić information content (AvgIpc) is 3.72. The van der Waals surface area contributed by atoms with Crippen LogP contribution in [-0.2, 0) is 14.3 Å². The zero-order valence-electron chi connectivity index (χ0n) is 23.0. The highest BCUT2D eigenvalue weighted by Gasteiger charge is 2.34. The number of allylic oxidation sites excluding steroid dienone is 1. The molecule has 2 aromatic carbocycles. The Morgan fingerprint density at radius 1 is 1.00 bits per heavy atom. The molecule has 0 aliphatic carbocycles. The van der Waals surface area contributed by atoms with Crippen molar-refractivity contribution in [1.82, 2.24) is 4.57 Å². The number of carbonyl (C=O) groups excluding carboxylic acids is 2. The van der Waals surface area contributed by atoms with Crippen molar-refractivity contribution in [2.24, 2.45) is 4.99 Å². The van der Waals surface area contributed by atoms with E-state index in [2.05, 4.69) is 4.99 Å². The Morgan fingerprint density at radius 3 is 2.50 bits per heavy atom. The second kappa shape index (κ2) is 11.2. The van der Waals surface area contributed by atoms with Crippen molar-refractivity contribution < 1.29 is 33.0 Å². The standard InChI is InChI=1S/C31H26N2O8S/c1-4-37-29(35)19-8-6-18(7-9-19)22-13-11-21(41-22)15-25-28(34)33-27(20-10-12-23-24(14-20)40-16-39-23)26(30(36)38-5-2)17(3)32-31(33)42-25/h6-15,27H,4-5,16H2,1-3H3. The van der Waals surface area contributed by atoms with Crippen molar-refractivity contribution in [3.8, 4) is 22.8 Å². The minimum Gasteiger partial charge on any atom is -0.463 e. The molecule has 0 saturated carbocycles. The van der Waals surface area contributed by atoms with E-state index >= 15 is 0 Å². The highest BCUT2D eigenvalue weighted by atomic mass is 32.1. The van der Waals surface area contributed by atoms with Crippen LogP contribution in [0.15, 0.2) is 80.1 Å². The van der Waals surface area contributed by atoms with Gasteiger partial charge in [0.1, 0.15) is 11.5 Å². The van der Waals surface area contributed by atoms with E-state index in [9.17, 15) is 14.4 Å². The summed E-state index contributed by atoms with van der Waals surface area (Å²) < 4.78 is 29.3. The summed E-state index contributed by atoms with van der Waals surface area (Å²) in [6, 6.07) is 15.0. The first kappa shape index (κ1) is 27.3. The monoisotopic (exact) mass is 586 g/mol. The number of nitrogens with zero attached hydrogens (tertiary/aromatic N) is 2. The third kappa shape index (κ3) is 4.92. The number of benzene rings is 2. The maximum absolute atomic E-state index is 13.9. The van der Waals surface area contributed by atoms with Gasteiger partial charge in [0.2, 0.25) is 6.79 Å². The van der Waals surface area contributed by atoms with Crippen molar-refractivity contribution in [2.75, 3.05) is 20.0 Å². The van der Waals surface area contributed by atoms with Crippen LogP contribution >= 0.6 is 11.3 Å². The first-order valence-corrected chi connectivity index (χ1v) is 14.2. The quantitative estimate of drug-likeness (QED) is 0.299. The summed E-state index contributed by atoms with van der Waals surface area (Å²) in [4.78, 5) is 44.0. The molecule has 2 aliphatic heterocycles. The number of rotatable bonds is 7. The van der Waals surface area contributed by atoms with Crippen LogP contribution in [0, 0.1) is 0 Å². The molecule has 11 heteroatoms. The smallest absolute Gasteiger partial charge is 0.338 e. The summed E-state index contributed by atoms with van der Waals surface area (Å²) in [5.74, 6) is 1.23. The number of furan rings is 1. The lowest BCUT2D eigenvalue weighted by atomic mass is 9.95. The molecule has 0 fully saturated rings. The van der Waals surface area contributed by atoms with Crippen molar-refractivity contribution >= 4 is 29.4 Å². The summed E-state index contributed by atoms with van der Waals surface area (Å²) in [5, 5.41) is 0. The second-order valence-corrected chi connectivity index (χ2v) is 10.4. The molecule has 2 aromatic heterocycles. The zero-order chi connectivity index (χ0) is 29.4. The van der Waals surface area contributed by atoms with Gasteiger partial charge in [0.05, 0.1) is 40.6 Å². The maximum Gasteiger partial charge on any atom is 0.338 e. The molecule has 4 heterocycles. The predicted molar refractivity (Wildman–Crippen MR) is 153 cm³/mol.